The molecule has 1 fully saturated rings. The van der Waals surface area contributed by atoms with E-state index in [1.54, 1.807) is 0 Å². The summed E-state index contributed by atoms with van der Waals surface area (Å²) < 4.78 is 0. The molecule has 1 aliphatic carbocycles. The molecule has 0 spiro atoms. The Morgan fingerprint density at radius 3 is 2.60 bits per heavy atom. The fraction of sp³-hybridized carbons (Fsp3) is 0.417. The average molecular weight is 224 g/mol. The first-order valence-corrected chi connectivity index (χ1v) is 5.57. The molecule has 0 aliphatic heterocycles. The molecule has 1 aliphatic rings. The summed E-state index contributed by atoms with van der Waals surface area (Å²) in [6.45, 7) is 2.70. The highest BCUT2D eigenvalue weighted by atomic mass is 35.5. The van der Waals surface area contributed by atoms with Crippen LogP contribution in [0.2, 0.25) is 5.02 Å². The van der Waals surface area contributed by atoms with Crippen LogP contribution in [0.25, 0.3) is 0 Å². The van der Waals surface area contributed by atoms with Gasteiger partial charge in [0.25, 0.3) is 0 Å². The van der Waals surface area contributed by atoms with E-state index < -0.39 is 0 Å². The molecule has 2 nitrogen and oxygen atoms in total. The van der Waals surface area contributed by atoms with E-state index >= 15 is 0 Å². The maximum Gasteiger partial charge on any atom is 0.223 e. The molecule has 1 aromatic rings. The molecule has 3 heteroatoms. The summed E-state index contributed by atoms with van der Waals surface area (Å²) in [5.74, 6) is 0.991. The van der Waals surface area contributed by atoms with Crippen molar-refractivity contribution in [1.82, 2.24) is 5.32 Å². The lowest BCUT2D eigenvalue weighted by atomic mass is 10.2. The van der Waals surface area contributed by atoms with E-state index in [1.165, 1.54) is 0 Å². The topological polar surface area (TPSA) is 29.1 Å². The van der Waals surface area contributed by atoms with Gasteiger partial charge in [0.1, 0.15) is 0 Å². The Kier molecular flexibility index (Phi) is 2.96. The third-order valence-electron chi connectivity index (χ3n) is 2.83. The molecule has 0 bridgehead atoms. The zero-order valence-electron chi connectivity index (χ0n) is 8.66. The molecular weight excluding hydrogens is 210 g/mol. The van der Waals surface area contributed by atoms with Crippen molar-refractivity contribution in [3.05, 3.63) is 34.9 Å². The summed E-state index contributed by atoms with van der Waals surface area (Å²) in [6, 6.07) is 7.53. The molecule has 0 heterocycles. The minimum Gasteiger partial charge on any atom is -0.352 e. The van der Waals surface area contributed by atoms with Gasteiger partial charge in [-0.25, -0.2) is 0 Å². The maximum absolute atomic E-state index is 11.5. The molecule has 15 heavy (non-hydrogen) atoms. The zero-order valence-corrected chi connectivity index (χ0v) is 9.42. The van der Waals surface area contributed by atoms with Crippen molar-refractivity contribution in [2.45, 2.75) is 19.9 Å². The van der Waals surface area contributed by atoms with Crippen LogP contribution in [-0.2, 0) is 11.3 Å². The minimum absolute atomic E-state index is 0.178. The number of amides is 1. The van der Waals surface area contributed by atoms with Crippen molar-refractivity contribution < 1.29 is 4.79 Å². The van der Waals surface area contributed by atoms with Gasteiger partial charge in [0.2, 0.25) is 5.91 Å². The summed E-state index contributed by atoms with van der Waals surface area (Å²) in [5, 5.41) is 3.65. The quantitative estimate of drug-likeness (QED) is 0.839. The Morgan fingerprint density at radius 2 is 2.07 bits per heavy atom. The summed E-state index contributed by atoms with van der Waals surface area (Å²) in [5.41, 5.74) is 1.08. The number of carbonyl (C=O) groups is 1. The lowest BCUT2D eigenvalue weighted by molar-refractivity contribution is -0.122. The van der Waals surface area contributed by atoms with Crippen LogP contribution < -0.4 is 5.32 Å². The van der Waals surface area contributed by atoms with Crippen molar-refractivity contribution in [2.24, 2.45) is 11.8 Å². The van der Waals surface area contributed by atoms with E-state index in [1.807, 2.05) is 24.3 Å². The van der Waals surface area contributed by atoms with Gasteiger partial charge in [-0.1, -0.05) is 30.7 Å². The third kappa shape index (κ3) is 2.72. The number of rotatable bonds is 3. The van der Waals surface area contributed by atoms with Gasteiger partial charge >= 0.3 is 0 Å². The fourth-order valence-corrected chi connectivity index (χ4v) is 1.74. The molecule has 1 N–H and O–H groups in total. The van der Waals surface area contributed by atoms with Gasteiger partial charge in [-0.05, 0) is 30.0 Å². The molecule has 0 aromatic heterocycles. The van der Waals surface area contributed by atoms with E-state index in [-0.39, 0.29) is 11.8 Å². The molecule has 2 rings (SSSR count). The molecule has 2 atom stereocenters. The molecule has 1 amide bonds. The largest absolute Gasteiger partial charge is 0.352 e. The van der Waals surface area contributed by atoms with Gasteiger partial charge in [-0.2, -0.15) is 0 Å². The molecular formula is C12H14ClNO. The lowest BCUT2D eigenvalue weighted by Crippen LogP contribution is -2.24. The van der Waals surface area contributed by atoms with Gasteiger partial charge in [0.15, 0.2) is 0 Å². The Labute approximate surface area is 94.6 Å². The normalized spacial score (nSPS) is 23.6. The predicted molar refractivity (Wildman–Crippen MR) is 60.6 cm³/mol. The van der Waals surface area contributed by atoms with Crippen LogP contribution in [0.1, 0.15) is 18.9 Å². The number of hydrogen-bond acceptors (Lipinski definition) is 1. The molecule has 1 saturated carbocycles. The van der Waals surface area contributed by atoms with Gasteiger partial charge in [-0.15, -0.1) is 0 Å². The van der Waals surface area contributed by atoms with Crippen molar-refractivity contribution in [3.63, 3.8) is 0 Å². The van der Waals surface area contributed by atoms with Gasteiger partial charge in [0, 0.05) is 17.5 Å². The van der Waals surface area contributed by atoms with Crippen LogP contribution in [-0.4, -0.2) is 5.91 Å². The first-order chi connectivity index (χ1) is 7.16. The first-order valence-electron chi connectivity index (χ1n) is 5.19. The van der Waals surface area contributed by atoms with Gasteiger partial charge in [0.05, 0.1) is 0 Å². The fourth-order valence-electron chi connectivity index (χ4n) is 1.61. The molecule has 0 unspecified atom stereocenters. The second-order valence-corrected chi connectivity index (χ2v) is 4.60. The number of carbonyl (C=O) groups excluding carboxylic acids is 1. The average Bonchev–Trinajstić information content (AvgIpc) is 2.94. The van der Waals surface area contributed by atoms with Crippen LogP contribution in [0.3, 0.4) is 0 Å². The van der Waals surface area contributed by atoms with Crippen LogP contribution in [0.5, 0.6) is 0 Å². The van der Waals surface area contributed by atoms with E-state index in [0.29, 0.717) is 12.5 Å². The van der Waals surface area contributed by atoms with Crippen molar-refractivity contribution >= 4 is 17.5 Å². The number of benzene rings is 1. The van der Waals surface area contributed by atoms with Gasteiger partial charge < -0.3 is 5.32 Å². The second-order valence-electron chi connectivity index (χ2n) is 4.16. The summed E-state index contributed by atoms with van der Waals surface area (Å²) in [7, 11) is 0. The van der Waals surface area contributed by atoms with E-state index in [4.69, 9.17) is 11.6 Å². The van der Waals surface area contributed by atoms with Crippen LogP contribution in [0.15, 0.2) is 24.3 Å². The highest BCUT2D eigenvalue weighted by Gasteiger charge is 2.38. The predicted octanol–water partition coefficient (Wildman–Crippen LogP) is 2.61. The van der Waals surface area contributed by atoms with Crippen molar-refractivity contribution in [2.75, 3.05) is 0 Å². The number of nitrogens with one attached hydrogen (secondary N) is 1. The lowest BCUT2D eigenvalue weighted by Gasteiger charge is -2.04. The molecule has 1 aromatic carbocycles. The summed E-state index contributed by atoms with van der Waals surface area (Å²) in [6.07, 6.45) is 1.03. The van der Waals surface area contributed by atoms with Crippen molar-refractivity contribution in [3.8, 4) is 0 Å². The van der Waals surface area contributed by atoms with Gasteiger partial charge in [-0.3, -0.25) is 4.79 Å². The van der Waals surface area contributed by atoms with Crippen LogP contribution in [0.4, 0.5) is 0 Å². The van der Waals surface area contributed by atoms with Crippen LogP contribution >= 0.6 is 11.6 Å². The van der Waals surface area contributed by atoms with Crippen molar-refractivity contribution in [1.29, 1.82) is 0 Å². The SMILES string of the molecule is C[C@@H]1C[C@@H]1C(=O)NCc1ccc(Cl)cc1. The first kappa shape index (κ1) is 10.5. The van der Waals surface area contributed by atoms with Crippen LogP contribution in [0, 0.1) is 11.8 Å². The standard InChI is InChI=1S/C12H14ClNO/c1-8-6-11(8)12(15)14-7-9-2-4-10(13)5-3-9/h2-5,8,11H,6-7H2,1H3,(H,14,15)/t8-,11+/m1/s1. The van der Waals surface area contributed by atoms with E-state index in [0.717, 1.165) is 17.0 Å². The molecule has 0 saturated heterocycles. The van der Waals surface area contributed by atoms with E-state index in [2.05, 4.69) is 12.2 Å². The Balaban J connectivity index is 1.82. The highest BCUT2D eigenvalue weighted by molar-refractivity contribution is 6.30. The Bertz CT molecular complexity index is 360. The highest BCUT2D eigenvalue weighted by Crippen LogP contribution is 2.37. The Hall–Kier alpha value is -1.02. The molecule has 0 radical (unpaired) electrons. The zero-order chi connectivity index (χ0) is 10.8. The Morgan fingerprint density at radius 1 is 1.47 bits per heavy atom. The molecule has 80 valence electrons. The number of hydrogen-bond donors (Lipinski definition) is 1. The number of halogens is 1. The smallest absolute Gasteiger partial charge is 0.223 e. The summed E-state index contributed by atoms with van der Waals surface area (Å²) in [4.78, 5) is 11.5. The third-order valence-corrected chi connectivity index (χ3v) is 3.08. The monoisotopic (exact) mass is 223 g/mol. The summed E-state index contributed by atoms with van der Waals surface area (Å²) >= 11 is 5.77. The maximum atomic E-state index is 11.5. The van der Waals surface area contributed by atoms with E-state index in [9.17, 15) is 4.79 Å². The minimum atomic E-state index is 0.178. The second kappa shape index (κ2) is 4.23.